The van der Waals surface area contributed by atoms with Crippen LogP contribution in [0.5, 0.6) is 5.75 Å². The van der Waals surface area contributed by atoms with E-state index in [1.54, 1.807) is 6.07 Å². The molecule has 2 aromatic rings. The van der Waals surface area contributed by atoms with E-state index >= 15 is 0 Å². The van der Waals surface area contributed by atoms with Gasteiger partial charge in [-0.3, -0.25) is 0 Å². The van der Waals surface area contributed by atoms with Gasteiger partial charge in [0.05, 0.1) is 0 Å². The number of hydrogen-bond donors (Lipinski definition) is 3. The maximum absolute atomic E-state index is 10.9. The second kappa shape index (κ2) is 6.43. The molecule has 102 valence electrons. The summed E-state index contributed by atoms with van der Waals surface area (Å²) >= 11 is 0. The van der Waals surface area contributed by atoms with Crippen LogP contribution in [0.2, 0.25) is 0 Å². The first kappa shape index (κ1) is 13.7. The molecule has 3 N–H and O–H groups in total. The Kier molecular flexibility index (Phi) is 4.39. The van der Waals surface area contributed by atoms with Crippen LogP contribution in [0.25, 0.3) is 6.08 Å². The lowest BCUT2D eigenvalue weighted by atomic mass is 10.1. The highest BCUT2D eigenvalue weighted by Gasteiger charge is 2.09. The lowest BCUT2D eigenvalue weighted by molar-refractivity contribution is 0.0694. The van der Waals surface area contributed by atoms with Gasteiger partial charge in [0, 0.05) is 12.2 Å². The predicted molar refractivity (Wildman–Crippen MR) is 79.0 cm³/mol. The number of aromatic carboxylic acids is 1. The summed E-state index contributed by atoms with van der Waals surface area (Å²) in [4.78, 5) is 10.9. The minimum Gasteiger partial charge on any atom is -0.507 e. The van der Waals surface area contributed by atoms with Crippen molar-refractivity contribution in [1.29, 1.82) is 0 Å². The highest BCUT2D eigenvalue weighted by atomic mass is 16.4. The molecular formula is C16H15NO3. The Morgan fingerprint density at radius 3 is 2.60 bits per heavy atom. The normalized spacial score (nSPS) is 10.6. The van der Waals surface area contributed by atoms with Crippen LogP contribution < -0.4 is 5.32 Å². The number of hydrogen-bond acceptors (Lipinski definition) is 3. The molecule has 0 heterocycles. The zero-order chi connectivity index (χ0) is 14.4. The van der Waals surface area contributed by atoms with E-state index in [4.69, 9.17) is 5.11 Å². The number of benzene rings is 2. The second-order valence-electron chi connectivity index (χ2n) is 4.23. The fraction of sp³-hybridized carbons (Fsp3) is 0.0625. The molecule has 2 aromatic carbocycles. The Morgan fingerprint density at radius 1 is 1.15 bits per heavy atom. The van der Waals surface area contributed by atoms with Gasteiger partial charge < -0.3 is 15.5 Å². The van der Waals surface area contributed by atoms with Crippen molar-refractivity contribution in [2.45, 2.75) is 0 Å². The Bertz CT molecular complexity index is 621. The van der Waals surface area contributed by atoms with E-state index in [1.807, 2.05) is 42.5 Å². The summed E-state index contributed by atoms with van der Waals surface area (Å²) in [6.45, 7) is 0.568. The Hall–Kier alpha value is -2.75. The van der Waals surface area contributed by atoms with Gasteiger partial charge in [-0.15, -0.1) is 0 Å². The second-order valence-corrected chi connectivity index (χ2v) is 4.23. The van der Waals surface area contributed by atoms with Crippen molar-refractivity contribution in [1.82, 2.24) is 0 Å². The van der Waals surface area contributed by atoms with Crippen LogP contribution in [0, 0.1) is 0 Å². The molecule has 0 unspecified atom stereocenters. The van der Waals surface area contributed by atoms with E-state index in [1.165, 1.54) is 12.1 Å². The number of carbonyl (C=O) groups is 1. The quantitative estimate of drug-likeness (QED) is 0.729. The number of carboxylic acids is 1. The molecule has 4 nitrogen and oxygen atoms in total. The molecular weight excluding hydrogens is 254 g/mol. The minimum absolute atomic E-state index is 0.109. The van der Waals surface area contributed by atoms with Gasteiger partial charge in [0.2, 0.25) is 0 Å². The van der Waals surface area contributed by atoms with Crippen molar-refractivity contribution in [3.05, 3.63) is 65.7 Å². The molecule has 0 aromatic heterocycles. The fourth-order valence-corrected chi connectivity index (χ4v) is 1.75. The van der Waals surface area contributed by atoms with Gasteiger partial charge >= 0.3 is 5.97 Å². The van der Waals surface area contributed by atoms with Crippen LogP contribution in [0.4, 0.5) is 5.69 Å². The average Bonchev–Trinajstić information content (AvgIpc) is 2.46. The van der Waals surface area contributed by atoms with Gasteiger partial charge in [0.25, 0.3) is 0 Å². The number of carboxylic acid groups (broad SMARTS) is 1. The molecule has 0 saturated carbocycles. The molecule has 0 bridgehead atoms. The topological polar surface area (TPSA) is 69.6 Å². The molecule has 4 heteroatoms. The van der Waals surface area contributed by atoms with Crippen LogP contribution >= 0.6 is 0 Å². The van der Waals surface area contributed by atoms with Gasteiger partial charge in [-0.25, -0.2) is 4.79 Å². The van der Waals surface area contributed by atoms with Crippen molar-refractivity contribution < 1.29 is 15.0 Å². The van der Waals surface area contributed by atoms with Crippen LogP contribution in [-0.2, 0) is 0 Å². The van der Waals surface area contributed by atoms with Gasteiger partial charge in [0.1, 0.15) is 11.3 Å². The summed E-state index contributed by atoms with van der Waals surface area (Å²) in [5.74, 6) is -1.38. The smallest absolute Gasteiger partial charge is 0.339 e. The molecule has 0 radical (unpaired) electrons. The molecule has 0 aliphatic heterocycles. The predicted octanol–water partition coefficient (Wildman–Crippen LogP) is 3.22. The Balaban J connectivity index is 1.96. The van der Waals surface area contributed by atoms with E-state index in [0.717, 1.165) is 5.56 Å². The summed E-state index contributed by atoms with van der Waals surface area (Å²) in [5.41, 5.74) is 1.64. The average molecular weight is 269 g/mol. The molecule has 0 amide bonds. The fourth-order valence-electron chi connectivity index (χ4n) is 1.75. The number of nitrogens with one attached hydrogen (secondary N) is 1. The lowest BCUT2D eigenvalue weighted by Gasteiger charge is -2.06. The van der Waals surface area contributed by atoms with E-state index in [-0.39, 0.29) is 11.3 Å². The van der Waals surface area contributed by atoms with Crippen molar-refractivity contribution in [3.8, 4) is 5.75 Å². The van der Waals surface area contributed by atoms with Crippen LogP contribution in [-0.4, -0.2) is 22.7 Å². The molecule has 0 atom stereocenters. The first-order valence-corrected chi connectivity index (χ1v) is 6.18. The summed E-state index contributed by atoms with van der Waals surface area (Å²) in [6.07, 6.45) is 3.92. The Morgan fingerprint density at radius 2 is 1.90 bits per heavy atom. The van der Waals surface area contributed by atoms with E-state index in [0.29, 0.717) is 12.2 Å². The molecule has 20 heavy (non-hydrogen) atoms. The van der Waals surface area contributed by atoms with Crippen LogP contribution in [0.1, 0.15) is 15.9 Å². The SMILES string of the molecule is O=C(O)c1cc(NCC=Cc2ccccc2)ccc1O. The number of phenols is 1. The van der Waals surface area contributed by atoms with Crippen molar-refractivity contribution in [3.63, 3.8) is 0 Å². The zero-order valence-electron chi connectivity index (χ0n) is 10.8. The molecule has 0 aliphatic carbocycles. The maximum atomic E-state index is 10.9. The van der Waals surface area contributed by atoms with Gasteiger partial charge in [-0.1, -0.05) is 42.5 Å². The highest BCUT2D eigenvalue weighted by molar-refractivity contribution is 5.92. The molecule has 0 aliphatic rings. The standard InChI is InChI=1S/C16H15NO3/c18-15-9-8-13(11-14(15)16(19)20)17-10-4-7-12-5-2-1-3-6-12/h1-9,11,17-18H,10H2,(H,19,20). The number of rotatable bonds is 5. The van der Waals surface area contributed by atoms with E-state index in [9.17, 15) is 9.90 Å². The molecule has 0 spiro atoms. The molecule has 2 rings (SSSR count). The summed E-state index contributed by atoms with van der Waals surface area (Å²) < 4.78 is 0. The maximum Gasteiger partial charge on any atom is 0.339 e. The van der Waals surface area contributed by atoms with Crippen LogP contribution in [0.15, 0.2) is 54.6 Å². The Labute approximate surface area is 117 Å². The molecule has 0 saturated heterocycles. The zero-order valence-corrected chi connectivity index (χ0v) is 10.8. The van der Waals surface area contributed by atoms with Crippen molar-refractivity contribution >= 4 is 17.7 Å². The monoisotopic (exact) mass is 269 g/mol. The van der Waals surface area contributed by atoms with E-state index < -0.39 is 5.97 Å². The third kappa shape index (κ3) is 3.62. The summed E-state index contributed by atoms with van der Waals surface area (Å²) in [7, 11) is 0. The van der Waals surface area contributed by atoms with Crippen molar-refractivity contribution in [2.24, 2.45) is 0 Å². The third-order valence-electron chi connectivity index (χ3n) is 2.76. The summed E-state index contributed by atoms with van der Waals surface area (Å²) in [6, 6.07) is 14.3. The highest BCUT2D eigenvalue weighted by Crippen LogP contribution is 2.21. The van der Waals surface area contributed by atoms with Gasteiger partial charge in [0.15, 0.2) is 0 Å². The third-order valence-corrected chi connectivity index (χ3v) is 2.76. The minimum atomic E-state index is -1.15. The summed E-state index contributed by atoms with van der Waals surface area (Å²) in [5, 5.41) is 21.4. The first-order chi connectivity index (χ1) is 9.66. The van der Waals surface area contributed by atoms with Crippen molar-refractivity contribution in [2.75, 3.05) is 11.9 Å². The van der Waals surface area contributed by atoms with E-state index in [2.05, 4.69) is 5.32 Å². The largest absolute Gasteiger partial charge is 0.507 e. The van der Waals surface area contributed by atoms with Crippen LogP contribution in [0.3, 0.4) is 0 Å². The van der Waals surface area contributed by atoms with Gasteiger partial charge in [-0.05, 0) is 23.8 Å². The first-order valence-electron chi connectivity index (χ1n) is 6.18. The number of aromatic hydroxyl groups is 1. The molecule has 0 fully saturated rings. The number of anilines is 1. The van der Waals surface area contributed by atoms with Gasteiger partial charge in [-0.2, -0.15) is 0 Å². The lowest BCUT2D eigenvalue weighted by Crippen LogP contribution is -2.01.